The van der Waals surface area contributed by atoms with Gasteiger partial charge in [-0.3, -0.25) is 0 Å². The van der Waals surface area contributed by atoms with Crippen LogP contribution in [0, 0.1) is 0 Å². The fourth-order valence-electron chi connectivity index (χ4n) is 2.94. The van der Waals surface area contributed by atoms with Gasteiger partial charge >= 0.3 is 0 Å². The Kier molecular flexibility index (Phi) is 4.84. The molecule has 3 heteroatoms. The molecule has 2 nitrogen and oxygen atoms in total. The molecule has 0 aromatic heterocycles. The highest BCUT2D eigenvalue weighted by atomic mass is 32.2. The first-order valence-corrected chi connectivity index (χ1v) is 8.77. The van der Waals surface area contributed by atoms with Crippen molar-refractivity contribution in [3.05, 3.63) is 60.2 Å². The Morgan fingerprint density at radius 2 is 1.81 bits per heavy atom. The van der Waals surface area contributed by atoms with Gasteiger partial charge in [-0.1, -0.05) is 42.5 Å². The number of nitrogens with zero attached hydrogens (tertiary/aromatic N) is 1. The predicted octanol–water partition coefficient (Wildman–Crippen LogP) is 3.95. The first kappa shape index (κ1) is 14.5. The van der Waals surface area contributed by atoms with E-state index in [9.17, 15) is 0 Å². The van der Waals surface area contributed by atoms with E-state index >= 15 is 0 Å². The molecule has 1 aliphatic rings. The van der Waals surface area contributed by atoms with Crippen molar-refractivity contribution >= 4 is 17.4 Å². The molecule has 110 valence electrons. The molecule has 0 amide bonds. The number of anilines is 1. The number of rotatable bonds is 3. The van der Waals surface area contributed by atoms with Crippen molar-refractivity contribution in [1.29, 1.82) is 0 Å². The molecule has 1 aliphatic heterocycles. The Morgan fingerprint density at radius 1 is 1.05 bits per heavy atom. The molecule has 0 bridgehead atoms. The van der Waals surface area contributed by atoms with Crippen molar-refractivity contribution in [3.8, 4) is 0 Å². The molecule has 1 unspecified atom stereocenters. The number of para-hydroxylation sites is 1. The minimum Gasteiger partial charge on any atom is -0.369 e. The van der Waals surface area contributed by atoms with Crippen LogP contribution < -0.4 is 10.2 Å². The Bertz CT molecular complexity index is 570. The van der Waals surface area contributed by atoms with Crippen LogP contribution in [-0.2, 0) is 0 Å². The van der Waals surface area contributed by atoms with E-state index in [1.165, 1.54) is 22.6 Å². The molecule has 1 saturated heterocycles. The van der Waals surface area contributed by atoms with Crippen molar-refractivity contribution < 1.29 is 0 Å². The smallest absolute Gasteiger partial charge is 0.0504 e. The molecule has 0 saturated carbocycles. The average molecular weight is 298 g/mol. The second-order valence-corrected chi connectivity index (χ2v) is 6.24. The van der Waals surface area contributed by atoms with Crippen LogP contribution in [-0.4, -0.2) is 25.9 Å². The number of hydrogen-bond donors (Lipinski definition) is 1. The van der Waals surface area contributed by atoms with Crippen LogP contribution in [0.2, 0.25) is 0 Å². The fourth-order valence-corrected chi connectivity index (χ4v) is 3.56. The number of thioether (sulfide) groups is 1. The van der Waals surface area contributed by atoms with Crippen LogP contribution in [0.25, 0.3) is 0 Å². The summed E-state index contributed by atoms with van der Waals surface area (Å²) < 4.78 is 0. The maximum Gasteiger partial charge on any atom is 0.0504 e. The molecule has 2 aromatic rings. The molecular formula is C18H22N2S. The summed E-state index contributed by atoms with van der Waals surface area (Å²) in [4.78, 5) is 3.90. The summed E-state index contributed by atoms with van der Waals surface area (Å²) in [5, 5.41) is 3.69. The summed E-state index contributed by atoms with van der Waals surface area (Å²) in [7, 11) is 0. The Morgan fingerprint density at radius 3 is 2.62 bits per heavy atom. The molecule has 1 N–H and O–H groups in total. The maximum atomic E-state index is 3.69. The van der Waals surface area contributed by atoms with Gasteiger partial charge in [-0.15, -0.1) is 11.8 Å². The van der Waals surface area contributed by atoms with Gasteiger partial charge < -0.3 is 10.2 Å². The molecule has 1 atom stereocenters. The number of benzene rings is 2. The van der Waals surface area contributed by atoms with E-state index in [-0.39, 0.29) is 0 Å². The molecular weight excluding hydrogens is 276 g/mol. The van der Waals surface area contributed by atoms with E-state index in [4.69, 9.17) is 0 Å². The quantitative estimate of drug-likeness (QED) is 0.864. The Labute approximate surface area is 131 Å². The summed E-state index contributed by atoms with van der Waals surface area (Å²) in [6.45, 7) is 3.23. The molecule has 0 radical (unpaired) electrons. The van der Waals surface area contributed by atoms with Crippen molar-refractivity contribution in [2.45, 2.75) is 17.4 Å². The summed E-state index contributed by atoms with van der Waals surface area (Å²) in [5.41, 5.74) is 2.75. The zero-order valence-electron chi connectivity index (χ0n) is 12.5. The van der Waals surface area contributed by atoms with Gasteiger partial charge in [0.1, 0.15) is 0 Å². The Balaban J connectivity index is 1.85. The van der Waals surface area contributed by atoms with E-state index in [2.05, 4.69) is 71.1 Å². The summed E-state index contributed by atoms with van der Waals surface area (Å²) in [6, 6.07) is 19.9. The molecule has 0 aliphatic carbocycles. The normalized spacial score (nSPS) is 19.3. The van der Waals surface area contributed by atoms with Crippen molar-refractivity contribution in [1.82, 2.24) is 5.32 Å². The number of nitrogens with one attached hydrogen (secondary N) is 1. The number of hydrogen-bond acceptors (Lipinski definition) is 3. The standard InChI is InChI=1S/C18H22N2S/c1-21-18-11-6-5-10-17(18)20-13-7-12-19-16(14-20)15-8-3-2-4-9-15/h2-6,8-11,16,19H,7,12-14H2,1H3. The maximum absolute atomic E-state index is 3.69. The highest BCUT2D eigenvalue weighted by molar-refractivity contribution is 7.98. The van der Waals surface area contributed by atoms with Crippen LogP contribution in [0.15, 0.2) is 59.5 Å². The van der Waals surface area contributed by atoms with E-state index in [0.717, 1.165) is 19.6 Å². The minimum absolute atomic E-state index is 0.406. The zero-order valence-corrected chi connectivity index (χ0v) is 13.3. The molecule has 3 rings (SSSR count). The molecule has 2 aromatic carbocycles. The van der Waals surface area contributed by atoms with E-state index in [1.807, 2.05) is 11.8 Å². The van der Waals surface area contributed by atoms with Crippen LogP contribution in [0.1, 0.15) is 18.0 Å². The topological polar surface area (TPSA) is 15.3 Å². The third kappa shape index (κ3) is 3.42. The summed E-state index contributed by atoms with van der Waals surface area (Å²) >= 11 is 1.83. The minimum atomic E-state index is 0.406. The zero-order chi connectivity index (χ0) is 14.5. The van der Waals surface area contributed by atoms with Gasteiger partial charge in [-0.25, -0.2) is 0 Å². The lowest BCUT2D eigenvalue weighted by Crippen LogP contribution is -2.31. The lowest BCUT2D eigenvalue weighted by Gasteiger charge is -2.28. The van der Waals surface area contributed by atoms with Crippen LogP contribution in [0.5, 0.6) is 0 Å². The van der Waals surface area contributed by atoms with Crippen molar-refractivity contribution in [2.75, 3.05) is 30.8 Å². The largest absolute Gasteiger partial charge is 0.369 e. The van der Waals surface area contributed by atoms with Crippen molar-refractivity contribution in [3.63, 3.8) is 0 Å². The van der Waals surface area contributed by atoms with E-state index in [0.29, 0.717) is 6.04 Å². The van der Waals surface area contributed by atoms with Crippen molar-refractivity contribution in [2.24, 2.45) is 0 Å². The summed E-state index contributed by atoms with van der Waals surface area (Å²) in [5.74, 6) is 0. The predicted molar refractivity (Wildman–Crippen MR) is 92.2 cm³/mol. The van der Waals surface area contributed by atoms with Crippen LogP contribution >= 0.6 is 11.8 Å². The monoisotopic (exact) mass is 298 g/mol. The van der Waals surface area contributed by atoms with Gasteiger partial charge in [-0.05, 0) is 36.9 Å². The van der Waals surface area contributed by atoms with Gasteiger partial charge in [0.2, 0.25) is 0 Å². The SMILES string of the molecule is CSc1ccccc1N1CCCNC(c2ccccc2)C1. The van der Waals surface area contributed by atoms with Gasteiger partial charge in [0.05, 0.1) is 5.69 Å². The third-order valence-electron chi connectivity index (χ3n) is 4.03. The third-order valence-corrected chi connectivity index (χ3v) is 4.81. The van der Waals surface area contributed by atoms with Gasteiger partial charge in [-0.2, -0.15) is 0 Å². The molecule has 21 heavy (non-hydrogen) atoms. The molecule has 1 fully saturated rings. The second-order valence-electron chi connectivity index (χ2n) is 5.39. The van der Waals surface area contributed by atoms with E-state index < -0.39 is 0 Å². The fraction of sp³-hybridized carbons (Fsp3) is 0.333. The first-order valence-electron chi connectivity index (χ1n) is 7.55. The van der Waals surface area contributed by atoms with Crippen LogP contribution in [0.4, 0.5) is 5.69 Å². The van der Waals surface area contributed by atoms with Crippen LogP contribution in [0.3, 0.4) is 0 Å². The van der Waals surface area contributed by atoms with Gasteiger partial charge in [0.15, 0.2) is 0 Å². The lowest BCUT2D eigenvalue weighted by molar-refractivity contribution is 0.569. The molecule has 0 spiro atoms. The second kappa shape index (κ2) is 7.01. The highest BCUT2D eigenvalue weighted by Gasteiger charge is 2.20. The van der Waals surface area contributed by atoms with Gasteiger partial charge in [0.25, 0.3) is 0 Å². The van der Waals surface area contributed by atoms with Gasteiger partial charge in [0, 0.05) is 24.0 Å². The lowest BCUT2D eigenvalue weighted by atomic mass is 10.1. The molecule has 1 heterocycles. The first-order chi connectivity index (χ1) is 10.4. The summed E-state index contributed by atoms with van der Waals surface area (Å²) in [6.07, 6.45) is 3.34. The van der Waals surface area contributed by atoms with E-state index in [1.54, 1.807) is 0 Å². The highest BCUT2D eigenvalue weighted by Crippen LogP contribution is 2.30. The Hall–Kier alpha value is -1.45. The average Bonchev–Trinajstić information content (AvgIpc) is 2.81.